The number of rotatable bonds is 4. The van der Waals surface area contributed by atoms with Crippen LogP contribution in [0.2, 0.25) is 5.02 Å². The van der Waals surface area contributed by atoms with Gasteiger partial charge in [0.25, 0.3) is 5.92 Å². The second-order valence-electron chi connectivity index (χ2n) is 8.40. The average Bonchev–Trinajstić information content (AvgIpc) is 3.39. The molecular formula is C21H21ClF2N4O3. The molecule has 5 rings (SSSR count). The van der Waals surface area contributed by atoms with Gasteiger partial charge in [-0.2, -0.15) is 13.9 Å². The molecule has 0 unspecified atom stereocenters. The Labute approximate surface area is 182 Å². The lowest BCUT2D eigenvalue weighted by molar-refractivity contribution is -0.132. The summed E-state index contributed by atoms with van der Waals surface area (Å²) in [6.45, 7) is 3.60. The molecule has 10 heteroatoms. The van der Waals surface area contributed by atoms with E-state index < -0.39 is 29.4 Å². The second-order valence-corrected chi connectivity index (χ2v) is 8.80. The lowest BCUT2D eigenvalue weighted by atomic mass is 10.1. The Morgan fingerprint density at radius 2 is 1.97 bits per heavy atom. The van der Waals surface area contributed by atoms with E-state index in [4.69, 9.17) is 11.6 Å². The molecule has 1 N–H and O–H groups in total. The van der Waals surface area contributed by atoms with Crippen molar-refractivity contribution in [1.82, 2.24) is 14.7 Å². The van der Waals surface area contributed by atoms with Crippen LogP contribution < -0.4 is 4.90 Å². The average molecular weight is 451 g/mol. The molecule has 164 valence electrons. The molecule has 2 aliphatic carbocycles. The number of amides is 1. The topological polar surface area (TPSA) is 78.7 Å². The van der Waals surface area contributed by atoms with Crippen LogP contribution in [0.3, 0.4) is 0 Å². The maximum atomic E-state index is 14.7. The number of aromatic nitrogens is 2. The van der Waals surface area contributed by atoms with Crippen LogP contribution in [0.5, 0.6) is 0 Å². The number of nitrogens with zero attached hydrogens (tertiary/aromatic N) is 4. The molecule has 1 aliphatic heterocycles. The number of carboxylic acid groups (broad SMARTS) is 1. The molecule has 1 aromatic carbocycles. The third-order valence-electron chi connectivity index (χ3n) is 6.63. The fourth-order valence-corrected chi connectivity index (χ4v) is 5.07. The van der Waals surface area contributed by atoms with E-state index in [0.29, 0.717) is 31.2 Å². The first-order chi connectivity index (χ1) is 14.7. The van der Waals surface area contributed by atoms with Crippen molar-refractivity contribution in [1.29, 1.82) is 0 Å². The van der Waals surface area contributed by atoms with Crippen molar-refractivity contribution in [2.45, 2.75) is 31.7 Å². The fraction of sp³-hybridized carbons (Fsp3) is 0.476. The van der Waals surface area contributed by atoms with Gasteiger partial charge in [0.15, 0.2) is 5.69 Å². The second kappa shape index (κ2) is 6.91. The van der Waals surface area contributed by atoms with Crippen molar-refractivity contribution < 1.29 is 23.5 Å². The number of piperazine rings is 1. The van der Waals surface area contributed by atoms with Crippen LogP contribution in [0, 0.1) is 12.8 Å². The van der Waals surface area contributed by atoms with Gasteiger partial charge >= 0.3 is 5.97 Å². The Morgan fingerprint density at radius 3 is 2.65 bits per heavy atom. The SMILES string of the molecule is Cc1c(Cl)cccc1N1CCN(C(=O)Cn2nc(C(=O)O)c3c2C(F)(F)[C@H]2C[C@@H]32)CC1. The first-order valence-electron chi connectivity index (χ1n) is 10.2. The number of aromatic carboxylic acids is 1. The summed E-state index contributed by atoms with van der Waals surface area (Å²) in [4.78, 5) is 28.1. The van der Waals surface area contributed by atoms with Gasteiger partial charge in [-0.25, -0.2) is 4.79 Å². The zero-order chi connectivity index (χ0) is 22.1. The third kappa shape index (κ3) is 3.09. The third-order valence-corrected chi connectivity index (χ3v) is 7.04. The van der Waals surface area contributed by atoms with E-state index in [0.717, 1.165) is 15.9 Å². The summed E-state index contributed by atoms with van der Waals surface area (Å²) >= 11 is 6.21. The number of hydrogen-bond donors (Lipinski definition) is 1. The highest BCUT2D eigenvalue weighted by Gasteiger charge is 2.67. The van der Waals surface area contributed by atoms with Gasteiger partial charge in [0, 0.05) is 48.4 Å². The number of benzene rings is 1. The van der Waals surface area contributed by atoms with Gasteiger partial charge in [-0.05, 0) is 37.0 Å². The van der Waals surface area contributed by atoms with E-state index in [9.17, 15) is 23.5 Å². The van der Waals surface area contributed by atoms with Gasteiger partial charge < -0.3 is 14.9 Å². The van der Waals surface area contributed by atoms with Gasteiger partial charge in [-0.1, -0.05) is 17.7 Å². The van der Waals surface area contributed by atoms with Gasteiger partial charge in [0.2, 0.25) is 5.91 Å². The molecule has 31 heavy (non-hydrogen) atoms. The molecule has 1 amide bonds. The predicted molar refractivity (Wildman–Crippen MR) is 109 cm³/mol. The molecule has 0 radical (unpaired) electrons. The molecule has 1 aromatic heterocycles. The number of carbonyl (C=O) groups excluding carboxylic acids is 1. The van der Waals surface area contributed by atoms with Crippen LogP contribution >= 0.6 is 11.6 Å². The highest BCUT2D eigenvalue weighted by molar-refractivity contribution is 6.31. The summed E-state index contributed by atoms with van der Waals surface area (Å²) in [5.41, 5.74) is 1.34. The molecule has 0 spiro atoms. The normalized spacial score (nSPS) is 23.5. The minimum atomic E-state index is -3.15. The van der Waals surface area contributed by atoms with Crippen molar-refractivity contribution in [3.05, 3.63) is 45.7 Å². The number of carbonyl (C=O) groups is 2. The lowest BCUT2D eigenvalue weighted by Gasteiger charge is -2.37. The summed E-state index contributed by atoms with van der Waals surface area (Å²) in [5.74, 6) is -6.17. The molecule has 2 aromatic rings. The Morgan fingerprint density at radius 1 is 1.26 bits per heavy atom. The molecule has 2 atom stereocenters. The van der Waals surface area contributed by atoms with Crippen molar-refractivity contribution in [2.24, 2.45) is 5.92 Å². The van der Waals surface area contributed by atoms with Crippen LogP contribution in [-0.2, 0) is 17.3 Å². The largest absolute Gasteiger partial charge is 0.476 e. The van der Waals surface area contributed by atoms with E-state index in [-0.39, 0.29) is 30.1 Å². The lowest BCUT2D eigenvalue weighted by Crippen LogP contribution is -2.50. The first-order valence-corrected chi connectivity index (χ1v) is 10.6. The van der Waals surface area contributed by atoms with Crippen LogP contribution in [0.15, 0.2) is 18.2 Å². The Bertz CT molecular complexity index is 1090. The van der Waals surface area contributed by atoms with Gasteiger partial charge in [-0.3, -0.25) is 9.48 Å². The molecule has 2 heterocycles. The Kier molecular flexibility index (Phi) is 4.51. The zero-order valence-electron chi connectivity index (χ0n) is 16.8. The number of alkyl halides is 2. The Hall–Kier alpha value is -2.68. The fourth-order valence-electron chi connectivity index (χ4n) is 4.90. The smallest absolute Gasteiger partial charge is 0.356 e. The maximum absolute atomic E-state index is 14.7. The van der Waals surface area contributed by atoms with Crippen LogP contribution in [-0.4, -0.2) is 57.8 Å². The van der Waals surface area contributed by atoms with Crippen LogP contribution in [0.1, 0.15) is 39.6 Å². The van der Waals surface area contributed by atoms with Crippen LogP contribution in [0.25, 0.3) is 0 Å². The molecule has 0 bridgehead atoms. The number of carboxylic acids is 1. The maximum Gasteiger partial charge on any atom is 0.356 e. The number of hydrogen-bond acceptors (Lipinski definition) is 4. The zero-order valence-corrected chi connectivity index (χ0v) is 17.6. The number of fused-ring (bicyclic) bond motifs is 3. The highest BCUT2D eigenvalue weighted by Crippen LogP contribution is 2.67. The van der Waals surface area contributed by atoms with Crippen molar-refractivity contribution in [2.75, 3.05) is 31.1 Å². The summed E-state index contributed by atoms with van der Waals surface area (Å²) < 4.78 is 30.3. The Balaban J connectivity index is 1.31. The van der Waals surface area contributed by atoms with Crippen molar-refractivity contribution in [3.8, 4) is 0 Å². The predicted octanol–water partition coefficient (Wildman–Crippen LogP) is 3.10. The standard InChI is InChI=1S/C21H21ClF2N4O3/c1-11-14(22)3-2-4-15(11)26-5-7-27(8-6-26)16(29)10-28-19-17(18(25-28)20(30)31)12-9-13(12)21(19,23)24/h2-4,12-13H,5-10H2,1H3,(H,30,31)/t12-,13+/m1/s1. The van der Waals surface area contributed by atoms with Gasteiger partial charge in [-0.15, -0.1) is 0 Å². The van der Waals surface area contributed by atoms with Gasteiger partial charge in [0.1, 0.15) is 12.2 Å². The molecule has 1 saturated carbocycles. The number of anilines is 1. The summed E-state index contributed by atoms with van der Waals surface area (Å²) in [6, 6.07) is 5.69. The minimum Gasteiger partial charge on any atom is -0.476 e. The monoisotopic (exact) mass is 450 g/mol. The molecule has 7 nitrogen and oxygen atoms in total. The van der Waals surface area contributed by atoms with Crippen LogP contribution in [0.4, 0.5) is 14.5 Å². The molecule has 3 aliphatic rings. The van der Waals surface area contributed by atoms with E-state index in [1.54, 1.807) is 4.90 Å². The van der Waals surface area contributed by atoms with Crippen molar-refractivity contribution in [3.63, 3.8) is 0 Å². The van der Waals surface area contributed by atoms with Gasteiger partial charge in [0.05, 0.1) is 0 Å². The molecule has 1 saturated heterocycles. The van der Waals surface area contributed by atoms with E-state index >= 15 is 0 Å². The molecular weight excluding hydrogens is 430 g/mol. The highest BCUT2D eigenvalue weighted by atomic mass is 35.5. The van der Waals surface area contributed by atoms with E-state index in [2.05, 4.69) is 10.00 Å². The minimum absolute atomic E-state index is 0.108. The summed E-state index contributed by atoms with van der Waals surface area (Å²) in [5, 5.41) is 14.0. The quantitative estimate of drug-likeness (QED) is 0.774. The number of halogens is 3. The summed E-state index contributed by atoms with van der Waals surface area (Å²) in [7, 11) is 0. The summed E-state index contributed by atoms with van der Waals surface area (Å²) in [6.07, 6.45) is 0.269. The van der Waals surface area contributed by atoms with Crippen molar-refractivity contribution >= 4 is 29.2 Å². The molecule has 2 fully saturated rings. The first kappa shape index (κ1) is 20.2. The van der Waals surface area contributed by atoms with E-state index in [1.165, 1.54) is 0 Å². The van der Waals surface area contributed by atoms with E-state index in [1.807, 2.05) is 25.1 Å².